The van der Waals surface area contributed by atoms with E-state index in [1.165, 1.54) is 6.42 Å². The fraction of sp³-hybridized carbons (Fsp3) is 0.900. The van der Waals surface area contributed by atoms with Gasteiger partial charge in [0.05, 0.1) is 19.3 Å². The Morgan fingerprint density at radius 2 is 2.00 bits per heavy atom. The Morgan fingerprint density at radius 3 is 2.60 bits per heavy atom. The van der Waals surface area contributed by atoms with Crippen LogP contribution in [0, 0.1) is 5.92 Å². The molecule has 3 atom stereocenters. The molecule has 1 aliphatic carbocycles. The SMILES string of the molecule is Cl.O=C([C@@H]1C[C@H]2C[C@H]2N1)N1CCOCC1. The van der Waals surface area contributed by atoms with Crippen LogP contribution in [0.4, 0.5) is 0 Å². The molecule has 0 bridgehead atoms. The number of hydrogen-bond donors (Lipinski definition) is 1. The summed E-state index contributed by atoms with van der Waals surface area (Å²) in [5, 5.41) is 3.39. The van der Waals surface area contributed by atoms with Crippen LogP contribution < -0.4 is 5.32 Å². The maximum atomic E-state index is 12.0. The molecule has 1 N–H and O–H groups in total. The van der Waals surface area contributed by atoms with Crippen molar-refractivity contribution in [2.75, 3.05) is 26.3 Å². The average molecular weight is 233 g/mol. The van der Waals surface area contributed by atoms with E-state index in [0.29, 0.717) is 25.2 Å². The zero-order valence-corrected chi connectivity index (χ0v) is 9.46. The molecule has 5 heteroatoms. The minimum atomic E-state index is 0. The van der Waals surface area contributed by atoms with Gasteiger partial charge in [0.25, 0.3) is 0 Å². The highest BCUT2D eigenvalue weighted by molar-refractivity contribution is 5.85. The summed E-state index contributed by atoms with van der Waals surface area (Å²) in [6.07, 6.45) is 2.34. The summed E-state index contributed by atoms with van der Waals surface area (Å²) >= 11 is 0. The Balaban J connectivity index is 0.000000853. The Bertz CT molecular complexity index is 242. The van der Waals surface area contributed by atoms with Crippen molar-refractivity contribution in [3.63, 3.8) is 0 Å². The molecule has 0 spiro atoms. The summed E-state index contributed by atoms with van der Waals surface area (Å²) in [7, 11) is 0. The van der Waals surface area contributed by atoms with Crippen molar-refractivity contribution in [2.45, 2.75) is 24.9 Å². The Labute approximate surface area is 95.7 Å². The molecule has 3 rings (SSSR count). The number of ether oxygens (including phenoxy) is 1. The molecule has 2 aliphatic heterocycles. The second-order valence-electron chi connectivity index (χ2n) is 4.49. The van der Waals surface area contributed by atoms with Crippen LogP contribution >= 0.6 is 12.4 Å². The molecule has 2 heterocycles. The van der Waals surface area contributed by atoms with E-state index in [4.69, 9.17) is 4.74 Å². The zero-order valence-electron chi connectivity index (χ0n) is 8.65. The number of carbonyl (C=O) groups is 1. The molecule has 0 aromatic rings. The van der Waals surface area contributed by atoms with Crippen LogP contribution in [-0.4, -0.2) is 49.2 Å². The van der Waals surface area contributed by atoms with Crippen molar-refractivity contribution in [3.05, 3.63) is 0 Å². The van der Waals surface area contributed by atoms with Gasteiger partial charge in [-0.1, -0.05) is 0 Å². The Hall–Kier alpha value is -0.320. The van der Waals surface area contributed by atoms with E-state index in [2.05, 4.69) is 5.32 Å². The van der Waals surface area contributed by atoms with E-state index < -0.39 is 0 Å². The third-order valence-corrected chi connectivity index (χ3v) is 3.50. The molecule has 3 aliphatic rings. The van der Waals surface area contributed by atoms with E-state index in [1.807, 2.05) is 4.90 Å². The monoisotopic (exact) mass is 232 g/mol. The average Bonchev–Trinajstić information content (AvgIpc) is 2.86. The minimum absolute atomic E-state index is 0. The van der Waals surface area contributed by atoms with E-state index in [0.717, 1.165) is 25.4 Å². The quantitative estimate of drug-likeness (QED) is 0.693. The highest BCUT2D eigenvalue weighted by Crippen LogP contribution is 2.40. The van der Waals surface area contributed by atoms with Crippen molar-refractivity contribution < 1.29 is 9.53 Å². The van der Waals surface area contributed by atoms with Crippen molar-refractivity contribution in [1.29, 1.82) is 0 Å². The smallest absolute Gasteiger partial charge is 0.239 e. The van der Waals surface area contributed by atoms with Crippen molar-refractivity contribution >= 4 is 18.3 Å². The lowest BCUT2D eigenvalue weighted by Crippen LogP contribution is -2.49. The van der Waals surface area contributed by atoms with Gasteiger partial charge in [-0.2, -0.15) is 0 Å². The molecule has 15 heavy (non-hydrogen) atoms. The molecule has 86 valence electrons. The van der Waals surface area contributed by atoms with Crippen LogP contribution in [0.3, 0.4) is 0 Å². The highest BCUT2D eigenvalue weighted by atomic mass is 35.5. The molecule has 1 saturated carbocycles. The number of carbonyl (C=O) groups excluding carboxylic acids is 1. The fourth-order valence-electron chi connectivity index (χ4n) is 2.52. The third-order valence-electron chi connectivity index (χ3n) is 3.50. The third kappa shape index (κ3) is 2.12. The van der Waals surface area contributed by atoms with Gasteiger partial charge in [-0.25, -0.2) is 0 Å². The molecule has 0 radical (unpaired) electrons. The minimum Gasteiger partial charge on any atom is -0.378 e. The standard InChI is InChI=1S/C10H16N2O2.ClH/c13-10(12-1-3-14-4-2-12)9-6-7-5-8(7)11-9;/h7-9,11H,1-6H2;1H/t7-,8-,9+;/m1./s1. The van der Waals surface area contributed by atoms with E-state index in [1.54, 1.807) is 0 Å². The summed E-state index contributed by atoms with van der Waals surface area (Å²) in [6, 6.07) is 0.766. The van der Waals surface area contributed by atoms with Crippen LogP contribution in [0.5, 0.6) is 0 Å². The Kier molecular flexibility index (Phi) is 3.19. The van der Waals surface area contributed by atoms with Crippen LogP contribution in [0.15, 0.2) is 0 Å². The largest absolute Gasteiger partial charge is 0.378 e. The highest BCUT2D eigenvalue weighted by Gasteiger charge is 2.48. The lowest BCUT2D eigenvalue weighted by Gasteiger charge is -2.29. The fourth-order valence-corrected chi connectivity index (χ4v) is 2.52. The van der Waals surface area contributed by atoms with Crippen LogP contribution in [0.25, 0.3) is 0 Å². The first kappa shape index (κ1) is 11.2. The molecule has 3 fully saturated rings. The first-order chi connectivity index (χ1) is 6.84. The molecule has 0 aromatic heterocycles. The molecule has 1 amide bonds. The van der Waals surface area contributed by atoms with E-state index in [-0.39, 0.29) is 18.4 Å². The molecular weight excluding hydrogens is 216 g/mol. The number of amides is 1. The predicted molar refractivity (Wildman–Crippen MR) is 58.1 cm³/mol. The number of piperidine rings is 1. The molecule has 0 aromatic carbocycles. The molecular formula is C10H17ClN2O2. The number of morpholine rings is 1. The van der Waals surface area contributed by atoms with Crippen molar-refractivity contribution in [2.24, 2.45) is 5.92 Å². The summed E-state index contributed by atoms with van der Waals surface area (Å²) in [4.78, 5) is 13.9. The molecule has 2 saturated heterocycles. The number of fused-ring (bicyclic) bond motifs is 1. The summed E-state index contributed by atoms with van der Waals surface area (Å²) in [5.74, 6) is 1.09. The van der Waals surface area contributed by atoms with Gasteiger partial charge in [0.1, 0.15) is 0 Å². The van der Waals surface area contributed by atoms with Gasteiger partial charge in [-0.15, -0.1) is 12.4 Å². The van der Waals surface area contributed by atoms with Crippen LogP contribution in [0.2, 0.25) is 0 Å². The number of rotatable bonds is 1. The lowest BCUT2D eigenvalue weighted by molar-refractivity contribution is -0.137. The van der Waals surface area contributed by atoms with Crippen molar-refractivity contribution in [1.82, 2.24) is 10.2 Å². The summed E-state index contributed by atoms with van der Waals surface area (Å²) in [6.45, 7) is 2.94. The normalized spacial score (nSPS) is 38.1. The van der Waals surface area contributed by atoms with Gasteiger partial charge < -0.3 is 15.0 Å². The number of hydrogen-bond acceptors (Lipinski definition) is 3. The van der Waals surface area contributed by atoms with Crippen LogP contribution in [0.1, 0.15) is 12.8 Å². The maximum absolute atomic E-state index is 12.0. The van der Waals surface area contributed by atoms with E-state index >= 15 is 0 Å². The number of halogens is 1. The second kappa shape index (κ2) is 4.28. The Morgan fingerprint density at radius 1 is 1.27 bits per heavy atom. The van der Waals surface area contributed by atoms with Gasteiger partial charge in [0.2, 0.25) is 5.91 Å². The van der Waals surface area contributed by atoms with Gasteiger partial charge >= 0.3 is 0 Å². The van der Waals surface area contributed by atoms with Gasteiger partial charge in [-0.05, 0) is 18.8 Å². The lowest BCUT2D eigenvalue weighted by atomic mass is 10.1. The van der Waals surface area contributed by atoms with Crippen LogP contribution in [-0.2, 0) is 9.53 Å². The van der Waals surface area contributed by atoms with Gasteiger partial charge in [-0.3, -0.25) is 4.79 Å². The van der Waals surface area contributed by atoms with Crippen molar-refractivity contribution in [3.8, 4) is 0 Å². The predicted octanol–water partition coefficient (Wildman–Crippen LogP) is 0.0174. The topological polar surface area (TPSA) is 41.6 Å². The van der Waals surface area contributed by atoms with Gasteiger partial charge in [0, 0.05) is 19.1 Å². The summed E-state index contributed by atoms with van der Waals surface area (Å²) in [5.41, 5.74) is 0. The van der Waals surface area contributed by atoms with Gasteiger partial charge in [0.15, 0.2) is 0 Å². The number of nitrogens with zero attached hydrogens (tertiary/aromatic N) is 1. The first-order valence-corrected chi connectivity index (χ1v) is 5.47. The maximum Gasteiger partial charge on any atom is 0.239 e. The summed E-state index contributed by atoms with van der Waals surface area (Å²) < 4.78 is 5.23. The number of nitrogens with one attached hydrogen (secondary N) is 1. The second-order valence-corrected chi connectivity index (χ2v) is 4.49. The molecule has 0 unspecified atom stereocenters. The zero-order chi connectivity index (χ0) is 9.54. The van der Waals surface area contributed by atoms with E-state index in [9.17, 15) is 4.79 Å². The molecule has 4 nitrogen and oxygen atoms in total. The first-order valence-electron chi connectivity index (χ1n) is 5.47.